The summed E-state index contributed by atoms with van der Waals surface area (Å²) in [5.74, 6) is -0.241. The highest BCUT2D eigenvalue weighted by molar-refractivity contribution is 5.98. The summed E-state index contributed by atoms with van der Waals surface area (Å²) in [7, 11) is 1.39. The Morgan fingerprint density at radius 1 is 1.50 bits per heavy atom. The zero-order valence-electron chi connectivity index (χ0n) is 11.1. The second-order valence-corrected chi connectivity index (χ2v) is 4.75. The first-order valence-electron chi connectivity index (χ1n) is 6.43. The maximum Gasteiger partial charge on any atom is 0.328 e. The highest BCUT2D eigenvalue weighted by Crippen LogP contribution is 2.31. The van der Waals surface area contributed by atoms with Gasteiger partial charge in [-0.15, -0.1) is 0 Å². The summed E-state index contributed by atoms with van der Waals surface area (Å²) < 4.78 is 4.79. The van der Waals surface area contributed by atoms with Gasteiger partial charge in [-0.05, 0) is 24.6 Å². The van der Waals surface area contributed by atoms with E-state index in [1.54, 1.807) is 12.3 Å². The molecule has 0 saturated carbocycles. The first kappa shape index (κ1) is 12.6. The Morgan fingerprint density at radius 3 is 3.00 bits per heavy atom. The Bertz CT molecular complexity index is 684. The van der Waals surface area contributed by atoms with Gasteiger partial charge in [-0.1, -0.05) is 6.07 Å². The number of aldehydes is 1. The number of esters is 1. The van der Waals surface area contributed by atoms with Crippen LogP contribution in [0.15, 0.2) is 30.5 Å². The average Bonchev–Trinajstić information content (AvgIpc) is 2.45. The Kier molecular flexibility index (Phi) is 3.10. The molecule has 0 radical (unpaired) electrons. The summed E-state index contributed by atoms with van der Waals surface area (Å²) in [6.07, 6.45) is 3.23. The van der Waals surface area contributed by atoms with E-state index in [-0.39, 0.29) is 12.0 Å². The molecule has 1 aromatic carbocycles. The average molecular weight is 270 g/mol. The van der Waals surface area contributed by atoms with Crippen molar-refractivity contribution in [2.24, 2.45) is 0 Å². The van der Waals surface area contributed by atoms with E-state index < -0.39 is 0 Å². The van der Waals surface area contributed by atoms with E-state index in [0.717, 1.165) is 30.3 Å². The SMILES string of the molecule is COC(=O)C1CCN1c1cc(C=O)c2ncccc2c1. The molecule has 1 aliphatic rings. The first-order chi connectivity index (χ1) is 9.74. The topological polar surface area (TPSA) is 59.5 Å². The molecular formula is C15H14N2O3. The maximum absolute atomic E-state index is 11.7. The van der Waals surface area contributed by atoms with Crippen LogP contribution >= 0.6 is 0 Å². The highest BCUT2D eigenvalue weighted by atomic mass is 16.5. The summed E-state index contributed by atoms with van der Waals surface area (Å²) in [4.78, 5) is 29.0. The van der Waals surface area contributed by atoms with Crippen molar-refractivity contribution in [2.45, 2.75) is 12.5 Å². The van der Waals surface area contributed by atoms with Gasteiger partial charge < -0.3 is 9.64 Å². The molecule has 5 nitrogen and oxygen atoms in total. The molecule has 2 heterocycles. The maximum atomic E-state index is 11.7. The Labute approximate surface area is 116 Å². The zero-order chi connectivity index (χ0) is 14.1. The van der Waals surface area contributed by atoms with Gasteiger partial charge >= 0.3 is 5.97 Å². The van der Waals surface area contributed by atoms with Crippen molar-refractivity contribution in [3.63, 3.8) is 0 Å². The molecule has 1 unspecified atom stereocenters. The van der Waals surface area contributed by atoms with Crippen molar-refractivity contribution in [1.29, 1.82) is 0 Å². The lowest BCUT2D eigenvalue weighted by Gasteiger charge is -2.40. The third kappa shape index (κ3) is 1.91. The zero-order valence-corrected chi connectivity index (χ0v) is 11.1. The fraction of sp³-hybridized carbons (Fsp3) is 0.267. The molecule has 2 aromatic rings. The summed E-state index contributed by atoms with van der Waals surface area (Å²) in [6.45, 7) is 0.782. The molecule has 20 heavy (non-hydrogen) atoms. The number of rotatable bonds is 3. The molecule has 0 bridgehead atoms. The lowest BCUT2D eigenvalue weighted by molar-refractivity contribution is -0.143. The lowest BCUT2D eigenvalue weighted by Crippen LogP contribution is -2.53. The lowest BCUT2D eigenvalue weighted by atomic mass is 10.00. The van der Waals surface area contributed by atoms with Gasteiger partial charge in [0.15, 0.2) is 6.29 Å². The fourth-order valence-electron chi connectivity index (χ4n) is 2.54. The molecule has 1 aliphatic heterocycles. The van der Waals surface area contributed by atoms with Crippen LogP contribution in [0.3, 0.4) is 0 Å². The van der Waals surface area contributed by atoms with E-state index in [0.29, 0.717) is 11.1 Å². The number of fused-ring (bicyclic) bond motifs is 1. The van der Waals surface area contributed by atoms with Crippen LogP contribution in [-0.4, -0.2) is 36.9 Å². The third-order valence-electron chi connectivity index (χ3n) is 3.67. The minimum Gasteiger partial charge on any atom is -0.467 e. The van der Waals surface area contributed by atoms with Gasteiger partial charge in [-0.2, -0.15) is 0 Å². The minimum atomic E-state index is -0.256. The van der Waals surface area contributed by atoms with Gasteiger partial charge in [-0.3, -0.25) is 9.78 Å². The normalized spacial score (nSPS) is 17.6. The van der Waals surface area contributed by atoms with Crippen LogP contribution in [0, 0.1) is 0 Å². The predicted octanol–water partition coefficient (Wildman–Crippen LogP) is 1.80. The summed E-state index contributed by atoms with van der Waals surface area (Å²) in [6, 6.07) is 7.20. The van der Waals surface area contributed by atoms with Crippen molar-refractivity contribution < 1.29 is 14.3 Å². The number of anilines is 1. The smallest absolute Gasteiger partial charge is 0.328 e. The number of methoxy groups -OCH3 is 1. The van der Waals surface area contributed by atoms with Crippen LogP contribution in [0.25, 0.3) is 10.9 Å². The molecule has 0 spiro atoms. The van der Waals surface area contributed by atoms with Crippen molar-refractivity contribution in [3.8, 4) is 0 Å². The molecule has 1 saturated heterocycles. The highest BCUT2D eigenvalue weighted by Gasteiger charge is 2.35. The van der Waals surface area contributed by atoms with Gasteiger partial charge in [-0.25, -0.2) is 4.79 Å². The van der Waals surface area contributed by atoms with Gasteiger partial charge in [0.2, 0.25) is 0 Å². The number of carbonyl (C=O) groups is 2. The molecule has 1 fully saturated rings. The minimum absolute atomic E-state index is 0.241. The van der Waals surface area contributed by atoms with Crippen molar-refractivity contribution in [3.05, 3.63) is 36.0 Å². The number of aromatic nitrogens is 1. The van der Waals surface area contributed by atoms with Crippen LogP contribution < -0.4 is 4.90 Å². The Hall–Kier alpha value is -2.43. The monoisotopic (exact) mass is 270 g/mol. The molecule has 0 amide bonds. The van der Waals surface area contributed by atoms with Crippen LogP contribution in [0.1, 0.15) is 16.8 Å². The summed E-state index contributed by atoms with van der Waals surface area (Å²) in [5.41, 5.74) is 2.07. The number of carbonyl (C=O) groups excluding carboxylic acids is 2. The van der Waals surface area contributed by atoms with E-state index >= 15 is 0 Å². The molecular weight excluding hydrogens is 256 g/mol. The van der Waals surface area contributed by atoms with Crippen molar-refractivity contribution >= 4 is 28.8 Å². The molecule has 0 aliphatic carbocycles. The van der Waals surface area contributed by atoms with E-state index in [1.807, 2.05) is 23.1 Å². The van der Waals surface area contributed by atoms with Crippen molar-refractivity contribution in [2.75, 3.05) is 18.6 Å². The van der Waals surface area contributed by atoms with Crippen molar-refractivity contribution in [1.82, 2.24) is 4.98 Å². The number of pyridine rings is 1. The van der Waals surface area contributed by atoms with E-state index in [2.05, 4.69) is 4.98 Å². The third-order valence-corrected chi connectivity index (χ3v) is 3.67. The van der Waals surface area contributed by atoms with E-state index in [1.165, 1.54) is 7.11 Å². The van der Waals surface area contributed by atoms with Gasteiger partial charge in [0.1, 0.15) is 6.04 Å². The van der Waals surface area contributed by atoms with Gasteiger partial charge in [0.25, 0.3) is 0 Å². The Balaban J connectivity index is 2.04. The fourth-order valence-corrected chi connectivity index (χ4v) is 2.54. The number of hydrogen-bond acceptors (Lipinski definition) is 5. The standard InChI is InChI=1S/C15H14N2O3/c1-20-15(19)13-4-6-17(13)12-7-10-3-2-5-16-14(10)11(8-12)9-18/h2-3,5,7-9,13H,4,6H2,1H3. The van der Waals surface area contributed by atoms with E-state index in [9.17, 15) is 9.59 Å². The quantitative estimate of drug-likeness (QED) is 0.628. The molecule has 3 rings (SSSR count). The second kappa shape index (κ2) is 4.92. The summed E-state index contributed by atoms with van der Waals surface area (Å²) >= 11 is 0. The molecule has 5 heteroatoms. The number of ether oxygens (including phenoxy) is 1. The number of hydrogen-bond donors (Lipinski definition) is 0. The summed E-state index contributed by atoms with van der Waals surface area (Å²) in [5, 5.41) is 0.891. The van der Waals surface area contributed by atoms with Crippen LogP contribution in [0.5, 0.6) is 0 Å². The molecule has 102 valence electrons. The van der Waals surface area contributed by atoms with Crippen LogP contribution in [0.2, 0.25) is 0 Å². The van der Waals surface area contributed by atoms with Crippen LogP contribution in [0.4, 0.5) is 5.69 Å². The Morgan fingerprint density at radius 2 is 2.35 bits per heavy atom. The number of benzene rings is 1. The van der Waals surface area contributed by atoms with Gasteiger partial charge in [0, 0.05) is 29.4 Å². The molecule has 1 atom stereocenters. The first-order valence-corrected chi connectivity index (χ1v) is 6.43. The number of nitrogens with zero attached hydrogens (tertiary/aromatic N) is 2. The van der Waals surface area contributed by atoms with E-state index in [4.69, 9.17) is 4.74 Å². The van der Waals surface area contributed by atoms with Crippen LogP contribution in [-0.2, 0) is 9.53 Å². The predicted molar refractivity (Wildman–Crippen MR) is 74.9 cm³/mol. The second-order valence-electron chi connectivity index (χ2n) is 4.75. The molecule has 1 aromatic heterocycles. The largest absolute Gasteiger partial charge is 0.467 e. The molecule has 0 N–H and O–H groups in total. The van der Waals surface area contributed by atoms with Gasteiger partial charge in [0.05, 0.1) is 12.6 Å².